The van der Waals surface area contributed by atoms with Crippen molar-refractivity contribution in [1.82, 2.24) is 15.0 Å². The van der Waals surface area contributed by atoms with E-state index in [4.69, 9.17) is 4.79 Å². The fraction of sp³-hybridized carbons (Fsp3) is 0.611. The van der Waals surface area contributed by atoms with Crippen molar-refractivity contribution in [3.05, 3.63) is 25.9 Å². The van der Waals surface area contributed by atoms with E-state index in [-0.39, 0.29) is 84.1 Å². The van der Waals surface area contributed by atoms with Crippen molar-refractivity contribution >= 4 is 18.4 Å². The van der Waals surface area contributed by atoms with Gasteiger partial charge in [0, 0.05) is 50.7 Å². The van der Waals surface area contributed by atoms with Crippen LogP contribution in [0.1, 0.15) is 60.6 Å². The smallest absolute Gasteiger partial charge is 0.545 e. The summed E-state index contributed by atoms with van der Waals surface area (Å²) in [6.07, 6.45) is 3.56. The normalized spacial score (nSPS) is 9.00. The third-order valence-corrected chi connectivity index (χ3v) is 2.74. The number of rotatable bonds is 5. The second-order valence-electron chi connectivity index (χ2n) is 6.65. The van der Waals surface area contributed by atoms with Crippen LogP contribution in [-0.4, -0.2) is 33.3 Å². The van der Waals surface area contributed by atoms with Gasteiger partial charge >= 0.3 is 21.1 Å². The molecule has 1 heterocycles. The summed E-state index contributed by atoms with van der Waals surface area (Å²) in [5, 5.41) is 7.40. The number of hydrogen-bond acceptors (Lipinski definition) is 5. The maximum atomic E-state index is 11.2. The molecule has 1 rings (SSSR count). The molecule has 1 aromatic rings. The van der Waals surface area contributed by atoms with E-state index < -0.39 is 0 Å². The summed E-state index contributed by atoms with van der Waals surface area (Å²) in [4.78, 5) is 29.4. The fourth-order valence-electron chi connectivity index (χ4n) is 1.32. The Labute approximate surface area is 198 Å². The minimum Gasteiger partial charge on any atom is -0.545 e. The average molecular weight is 611 g/mol. The van der Waals surface area contributed by atoms with Gasteiger partial charge in [-0.05, 0) is 24.0 Å². The van der Waals surface area contributed by atoms with E-state index in [1.54, 1.807) is 6.20 Å². The molecule has 0 N–H and O–H groups in total. The van der Waals surface area contributed by atoms with Crippen molar-refractivity contribution in [2.45, 2.75) is 61.3 Å². The first-order chi connectivity index (χ1) is 10.5. The molecule has 1 radical (unpaired) electrons. The van der Waals surface area contributed by atoms with Crippen LogP contribution in [0.3, 0.4) is 0 Å². The third kappa shape index (κ3) is 23.7. The Morgan fingerprint density at radius 2 is 1.73 bits per heavy atom. The quantitative estimate of drug-likeness (QED) is 0.378. The molecule has 0 atom stereocenters. The van der Waals surface area contributed by atoms with Crippen LogP contribution in [-0.2, 0) is 74.6 Å². The molecule has 147 valence electrons. The molecular formula is C18H32N3O3WY-. The van der Waals surface area contributed by atoms with E-state index in [9.17, 15) is 9.59 Å². The van der Waals surface area contributed by atoms with Crippen LogP contribution < -0.4 is 0 Å². The molecule has 26 heavy (non-hydrogen) atoms. The number of aromatic nitrogens is 3. The van der Waals surface area contributed by atoms with Gasteiger partial charge in [-0.15, -0.1) is 5.21 Å². The van der Waals surface area contributed by atoms with Crippen molar-refractivity contribution in [3.63, 3.8) is 0 Å². The zero-order valence-electron chi connectivity index (χ0n) is 15.8. The second kappa shape index (κ2) is 19.4. The van der Waals surface area contributed by atoms with Gasteiger partial charge in [0.15, 0.2) is 0 Å². The summed E-state index contributed by atoms with van der Waals surface area (Å²) in [6, 6.07) is 0. The minimum atomic E-state index is 0. The van der Waals surface area contributed by atoms with Crippen LogP contribution in [0.4, 0.5) is 0 Å². The van der Waals surface area contributed by atoms with Crippen LogP contribution in [0.2, 0.25) is 0 Å². The molecule has 0 spiro atoms. The van der Waals surface area contributed by atoms with Gasteiger partial charge in [0.25, 0.3) is 0 Å². The van der Waals surface area contributed by atoms with Gasteiger partial charge in [0.05, 0.1) is 0 Å². The van der Waals surface area contributed by atoms with Crippen molar-refractivity contribution < 1.29 is 68.2 Å². The molecule has 0 aliphatic carbocycles. The molecule has 8 heteroatoms. The Balaban J connectivity index is -0.0000000959. The summed E-state index contributed by atoms with van der Waals surface area (Å²) in [5.74, 6) is 0.278. The summed E-state index contributed by atoms with van der Waals surface area (Å²) < 4.78 is 1.35. The van der Waals surface area contributed by atoms with E-state index in [1.165, 1.54) is 4.68 Å². The first-order valence-electron chi connectivity index (χ1n) is 7.34. The van der Waals surface area contributed by atoms with E-state index >= 15 is 0 Å². The van der Waals surface area contributed by atoms with Crippen LogP contribution in [0.15, 0.2) is 6.20 Å². The maximum absolute atomic E-state index is 11.2. The Morgan fingerprint density at radius 3 is 1.96 bits per heavy atom. The third-order valence-electron chi connectivity index (χ3n) is 2.74. The molecule has 0 aliphatic rings. The van der Waals surface area contributed by atoms with Crippen molar-refractivity contribution in [2.24, 2.45) is 11.3 Å². The standard InChI is InChI=1S/C8H12N3O.C8H15O.CHO.CH4.W.Y/c1-6(2)8(12)4-7-5-11(3)10-9-7;1-7(9)5-6-8(2,3)4;1-2;;;/h5-6H,3-4H2,1-2H3;1,5-6H2,2-4H3;1H;1H4;;/q3*-1;;+2;. The molecule has 0 amide bonds. The second-order valence-corrected chi connectivity index (χ2v) is 6.65. The summed E-state index contributed by atoms with van der Waals surface area (Å²) in [7, 11) is 3.53. The van der Waals surface area contributed by atoms with Crippen LogP contribution in [0.5, 0.6) is 0 Å². The first-order valence-corrected chi connectivity index (χ1v) is 7.34. The van der Waals surface area contributed by atoms with Crippen molar-refractivity contribution in [1.29, 1.82) is 0 Å². The van der Waals surface area contributed by atoms with E-state index in [0.717, 1.165) is 6.42 Å². The zero-order valence-corrected chi connectivity index (χ0v) is 21.6. The summed E-state index contributed by atoms with van der Waals surface area (Å²) >= 11 is 0. The molecular weight excluding hydrogens is 579 g/mol. The number of carbonyl (C=O) groups excluding carboxylic acids is 3. The van der Waals surface area contributed by atoms with E-state index in [1.807, 2.05) is 13.8 Å². The monoisotopic (exact) mass is 611 g/mol. The molecule has 6 nitrogen and oxygen atoms in total. The molecule has 1 aromatic heterocycles. The first kappa shape index (κ1) is 36.6. The van der Waals surface area contributed by atoms with Gasteiger partial charge in [-0.3, -0.25) is 11.6 Å². The molecule has 0 aromatic carbocycles. The molecule has 0 aliphatic heterocycles. The SMILES string of the molecule is C.[CH-]=O.[CH2-]C(=O)CCC(C)(C)C.[CH2-]n1cc(CC(=O)C(C)C)nn1.[W+2].[Y]. The largest absolute Gasteiger partial charge is 2.00 e. The molecule has 0 saturated carbocycles. The Hall–Kier alpha value is -0.318. The Morgan fingerprint density at radius 1 is 1.27 bits per heavy atom. The number of ketones is 2. The predicted octanol–water partition coefficient (Wildman–Crippen LogP) is 3.26. The van der Waals surface area contributed by atoms with Crippen LogP contribution in [0, 0.1) is 25.3 Å². The van der Waals surface area contributed by atoms with Gasteiger partial charge in [0.2, 0.25) is 0 Å². The minimum absolute atomic E-state index is 0. The van der Waals surface area contributed by atoms with Crippen molar-refractivity contribution in [2.75, 3.05) is 0 Å². The number of nitrogens with zero attached hydrogens (tertiary/aromatic N) is 3. The van der Waals surface area contributed by atoms with Crippen LogP contribution in [0.25, 0.3) is 0 Å². The molecule has 0 saturated heterocycles. The number of Topliss-reactive ketones (excluding diaryl/α,β-unsaturated/α-hetero) is 2. The fourth-order valence-corrected chi connectivity index (χ4v) is 1.32. The van der Waals surface area contributed by atoms with Gasteiger partial charge in [-0.2, -0.15) is 12.1 Å². The number of hydrogen-bond donors (Lipinski definition) is 0. The van der Waals surface area contributed by atoms with Crippen molar-refractivity contribution in [3.8, 4) is 0 Å². The van der Waals surface area contributed by atoms with Gasteiger partial charge in [0.1, 0.15) is 5.78 Å². The predicted molar refractivity (Wildman–Crippen MR) is 96.9 cm³/mol. The topological polar surface area (TPSA) is 81.9 Å². The Bertz CT molecular complexity index is 486. The molecule has 0 unspecified atom stereocenters. The molecule has 0 bridgehead atoms. The maximum Gasteiger partial charge on any atom is 2.00 e. The van der Waals surface area contributed by atoms with E-state index in [2.05, 4.69) is 51.8 Å². The van der Waals surface area contributed by atoms with Crippen LogP contribution >= 0.6 is 0 Å². The molecule has 0 fully saturated rings. The Kier molecular flexibility index (Phi) is 27.4. The van der Waals surface area contributed by atoms with Gasteiger partial charge < -0.3 is 21.2 Å². The zero-order chi connectivity index (χ0) is 18.6. The van der Waals surface area contributed by atoms with Gasteiger partial charge in [-0.25, -0.2) is 0 Å². The average Bonchev–Trinajstić information content (AvgIpc) is 2.84. The van der Waals surface area contributed by atoms with E-state index in [0.29, 0.717) is 18.5 Å². The van der Waals surface area contributed by atoms with Gasteiger partial charge in [-0.1, -0.05) is 48.2 Å². The summed E-state index contributed by atoms with van der Waals surface area (Å²) in [5.41, 5.74) is 0.955. The number of carbonyl (C=O) groups is 2. The summed E-state index contributed by atoms with van der Waals surface area (Å²) in [6.45, 7) is 16.7.